The van der Waals surface area contributed by atoms with Crippen molar-refractivity contribution in [1.29, 1.82) is 0 Å². The zero-order chi connectivity index (χ0) is 19.4. The van der Waals surface area contributed by atoms with Crippen LogP contribution in [0.15, 0.2) is 45.6 Å². The lowest BCUT2D eigenvalue weighted by atomic mass is 10.1. The molecule has 2 aromatic carbocycles. The van der Waals surface area contributed by atoms with Gasteiger partial charge in [-0.05, 0) is 29.8 Å². The molecule has 0 aliphatic carbocycles. The van der Waals surface area contributed by atoms with Gasteiger partial charge in [-0.25, -0.2) is 4.79 Å². The first-order valence-corrected chi connectivity index (χ1v) is 8.20. The van der Waals surface area contributed by atoms with E-state index in [4.69, 9.17) is 23.4 Å². The number of hydrogen-bond donors (Lipinski definition) is 0. The van der Waals surface area contributed by atoms with Gasteiger partial charge in [0.25, 0.3) is 0 Å². The van der Waals surface area contributed by atoms with E-state index in [9.17, 15) is 4.79 Å². The minimum Gasteiger partial charge on any atom is -0.497 e. The molecule has 0 saturated carbocycles. The minimum atomic E-state index is -0.435. The van der Waals surface area contributed by atoms with Crippen LogP contribution in [-0.2, 0) is 0 Å². The van der Waals surface area contributed by atoms with Gasteiger partial charge in [0.1, 0.15) is 11.3 Å². The van der Waals surface area contributed by atoms with Gasteiger partial charge in [-0.15, -0.1) is 0 Å². The van der Waals surface area contributed by atoms with Crippen LogP contribution in [0, 0.1) is 0 Å². The van der Waals surface area contributed by atoms with E-state index >= 15 is 0 Å². The molecule has 1 heterocycles. The maximum atomic E-state index is 11.9. The molecule has 1 aromatic heterocycles. The highest BCUT2D eigenvalue weighted by atomic mass is 16.5. The second-order valence-electron chi connectivity index (χ2n) is 5.64. The summed E-state index contributed by atoms with van der Waals surface area (Å²) < 4.78 is 26.7. The van der Waals surface area contributed by atoms with Crippen LogP contribution in [0.25, 0.3) is 23.1 Å². The Morgan fingerprint density at radius 1 is 0.778 bits per heavy atom. The number of fused-ring (bicyclic) bond motifs is 1. The third-order valence-electron chi connectivity index (χ3n) is 4.16. The van der Waals surface area contributed by atoms with E-state index < -0.39 is 5.63 Å². The van der Waals surface area contributed by atoms with Gasteiger partial charge in [0.05, 0.1) is 28.4 Å². The zero-order valence-corrected chi connectivity index (χ0v) is 15.6. The molecule has 140 valence electrons. The molecule has 6 nitrogen and oxygen atoms in total. The van der Waals surface area contributed by atoms with Crippen LogP contribution < -0.4 is 24.6 Å². The Balaban J connectivity index is 2.10. The number of methoxy groups -OCH3 is 4. The first-order chi connectivity index (χ1) is 13.1. The second-order valence-corrected chi connectivity index (χ2v) is 5.64. The predicted molar refractivity (Wildman–Crippen MR) is 104 cm³/mol. The summed E-state index contributed by atoms with van der Waals surface area (Å²) in [6.45, 7) is 0. The van der Waals surface area contributed by atoms with E-state index in [1.807, 2.05) is 30.4 Å². The fourth-order valence-corrected chi connectivity index (χ4v) is 2.87. The summed E-state index contributed by atoms with van der Waals surface area (Å²) in [6.07, 6.45) is 3.68. The van der Waals surface area contributed by atoms with Crippen LogP contribution in [0.4, 0.5) is 0 Å². The predicted octanol–water partition coefficient (Wildman–Crippen LogP) is 4.00. The third-order valence-corrected chi connectivity index (χ3v) is 4.16. The smallest absolute Gasteiger partial charge is 0.336 e. The summed E-state index contributed by atoms with van der Waals surface area (Å²) >= 11 is 0. The third kappa shape index (κ3) is 3.60. The Kier molecular flexibility index (Phi) is 5.35. The molecule has 0 amide bonds. The van der Waals surface area contributed by atoms with E-state index in [2.05, 4.69) is 0 Å². The Bertz CT molecular complexity index is 1050. The fraction of sp³-hybridized carbons (Fsp3) is 0.190. The summed E-state index contributed by atoms with van der Waals surface area (Å²) in [5.74, 6) is 2.24. The van der Waals surface area contributed by atoms with Crippen molar-refractivity contribution in [1.82, 2.24) is 0 Å². The van der Waals surface area contributed by atoms with Crippen LogP contribution in [0.2, 0.25) is 0 Å². The van der Waals surface area contributed by atoms with Crippen molar-refractivity contribution in [3.8, 4) is 23.0 Å². The average molecular weight is 368 g/mol. The molecule has 3 rings (SSSR count). The molecule has 27 heavy (non-hydrogen) atoms. The molecule has 0 bridgehead atoms. The molecule has 6 heteroatoms. The molecule has 0 radical (unpaired) electrons. The quantitative estimate of drug-likeness (QED) is 0.613. The van der Waals surface area contributed by atoms with Crippen molar-refractivity contribution in [3.63, 3.8) is 0 Å². The topological polar surface area (TPSA) is 67.1 Å². The molecule has 0 aliphatic rings. The lowest BCUT2D eigenvalue weighted by molar-refractivity contribution is 0.324. The molecule has 3 aromatic rings. The first kappa shape index (κ1) is 18.4. The first-order valence-electron chi connectivity index (χ1n) is 8.20. The van der Waals surface area contributed by atoms with E-state index in [1.165, 1.54) is 6.07 Å². The van der Waals surface area contributed by atoms with E-state index in [0.717, 1.165) is 16.5 Å². The zero-order valence-electron chi connectivity index (χ0n) is 15.6. The van der Waals surface area contributed by atoms with Gasteiger partial charge in [-0.2, -0.15) is 0 Å². The van der Waals surface area contributed by atoms with Crippen molar-refractivity contribution in [2.75, 3.05) is 28.4 Å². The fourth-order valence-electron chi connectivity index (χ4n) is 2.87. The SMILES string of the molecule is COc1ccc2c(/C=C/c3ccc(OC)c(OC)c3OC)cc(=O)oc2c1. The average Bonchev–Trinajstić information content (AvgIpc) is 2.70. The van der Waals surface area contributed by atoms with Gasteiger partial charge < -0.3 is 23.4 Å². The minimum absolute atomic E-state index is 0.435. The Hall–Kier alpha value is -3.41. The summed E-state index contributed by atoms with van der Waals surface area (Å²) in [5, 5.41) is 0.797. The molecule has 0 unspecified atom stereocenters. The highest BCUT2D eigenvalue weighted by molar-refractivity contribution is 5.90. The Morgan fingerprint density at radius 3 is 2.19 bits per heavy atom. The summed E-state index contributed by atoms with van der Waals surface area (Å²) in [6, 6.07) is 10.4. The Labute approximate surface area is 156 Å². The molecule has 0 saturated heterocycles. The van der Waals surface area contributed by atoms with Gasteiger partial charge in [0.2, 0.25) is 5.75 Å². The largest absolute Gasteiger partial charge is 0.497 e. The number of rotatable bonds is 6. The second kappa shape index (κ2) is 7.86. The molecule has 0 spiro atoms. The Morgan fingerprint density at radius 2 is 1.52 bits per heavy atom. The van der Waals surface area contributed by atoms with E-state index in [1.54, 1.807) is 40.6 Å². The summed E-state index contributed by atoms with van der Waals surface area (Å²) in [7, 11) is 6.24. The number of hydrogen-bond acceptors (Lipinski definition) is 6. The normalized spacial score (nSPS) is 11.0. The summed E-state index contributed by atoms with van der Waals surface area (Å²) in [5.41, 5.74) is 1.53. The molecule has 0 fully saturated rings. The van der Waals surface area contributed by atoms with Gasteiger partial charge in [-0.3, -0.25) is 0 Å². The lowest BCUT2D eigenvalue weighted by Gasteiger charge is -2.14. The van der Waals surface area contributed by atoms with Crippen LogP contribution in [0.3, 0.4) is 0 Å². The molecule has 0 N–H and O–H groups in total. The van der Waals surface area contributed by atoms with E-state index in [-0.39, 0.29) is 0 Å². The highest BCUT2D eigenvalue weighted by Gasteiger charge is 2.14. The van der Waals surface area contributed by atoms with Crippen LogP contribution in [0.1, 0.15) is 11.1 Å². The van der Waals surface area contributed by atoms with Crippen LogP contribution >= 0.6 is 0 Å². The van der Waals surface area contributed by atoms with Crippen LogP contribution in [-0.4, -0.2) is 28.4 Å². The van der Waals surface area contributed by atoms with Gasteiger partial charge in [0, 0.05) is 23.1 Å². The van der Waals surface area contributed by atoms with Crippen molar-refractivity contribution < 1.29 is 23.4 Å². The maximum absolute atomic E-state index is 11.9. The highest BCUT2D eigenvalue weighted by Crippen LogP contribution is 2.40. The molecule has 0 atom stereocenters. The maximum Gasteiger partial charge on any atom is 0.336 e. The van der Waals surface area contributed by atoms with Crippen molar-refractivity contribution in [2.24, 2.45) is 0 Å². The number of ether oxygens (including phenoxy) is 4. The lowest BCUT2D eigenvalue weighted by Crippen LogP contribution is -1.98. The standard InChI is InChI=1S/C21H20O6/c1-23-15-8-9-16-14(11-19(22)27-18(16)12-15)6-5-13-7-10-17(24-2)21(26-4)20(13)25-3/h5-12H,1-4H3/b6-5+. The van der Waals surface area contributed by atoms with Crippen LogP contribution in [0.5, 0.6) is 23.0 Å². The van der Waals surface area contributed by atoms with Crippen molar-refractivity contribution in [3.05, 3.63) is 57.9 Å². The molecular formula is C21H20O6. The van der Waals surface area contributed by atoms with Gasteiger partial charge in [0.15, 0.2) is 11.5 Å². The van der Waals surface area contributed by atoms with E-state index in [0.29, 0.717) is 28.6 Å². The monoisotopic (exact) mass is 368 g/mol. The van der Waals surface area contributed by atoms with Crippen molar-refractivity contribution >= 4 is 23.1 Å². The molecule has 0 aliphatic heterocycles. The van der Waals surface area contributed by atoms with Gasteiger partial charge >= 0.3 is 5.63 Å². The van der Waals surface area contributed by atoms with Crippen molar-refractivity contribution in [2.45, 2.75) is 0 Å². The summed E-state index contributed by atoms with van der Waals surface area (Å²) in [4.78, 5) is 11.9. The molecular weight excluding hydrogens is 348 g/mol. The van der Waals surface area contributed by atoms with Gasteiger partial charge in [-0.1, -0.05) is 12.2 Å². The number of benzene rings is 2.